The highest BCUT2D eigenvalue weighted by Crippen LogP contribution is 2.33. The second-order valence-corrected chi connectivity index (χ2v) is 7.88. The third-order valence-corrected chi connectivity index (χ3v) is 5.83. The van der Waals surface area contributed by atoms with Crippen LogP contribution in [0.15, 0.2) is 30.0 Å². The number of carbonyl (C=O) groups is 2. The van der Waals surface area contributed by atoms with Gasteiger partial charge in [-0.2, -0.15) is 0 Å². The fourth-order valence-corrected chi connectivity index (χ4v) is 3.98. The van der Waals surface area contributed by atoms with Crippen molar-refractivity contribution in [3.63, 3.8) is 0 Å². The van der Waals surface area contributed by atoms with Crippen molar-refractivity contribution in [2.75, 3.05) is 13.1 Å². The van der Waals surface area contributed by atoms with Crippen LogP contribution in [0.2, 0.25) is 0 Å². The molecule has 0 saturated heterocycles. The van der Waals surface area contributed by atoms with E-state index in [0.717, 1.165) is 25.0 Å². The predicted molar refractivity (Wildman–Crippen MR) is 95.1 cm³/mol. The molecule has 1 N–H and O–H groups in total. The average molecular weight is 358 g/mol. The van der Waals surface area contributed by atoms with Crippen molar-refractivity contribution in [1.29, 1.82) is 0 Å². The van der Waals surface area contributed by atoms with Gasteiger partial charge in [0, 0.05) is 24.0 Å². The summed E-state index contributed by atoms with van der Waals surface area (Å²) in [4.78, 5) is 32.4. The van der Waals surface area contributed by atoms with Crippen LogP contribution in [0, 0.1) is 5.92 Å². The molecule has 132 valence electrons. The minimum Gasteiger partial charge on any atom is -0.354 e. The summed E-state index contributed by atoms with van der Waals surface area (Å²) in [6.45, 7) is 1.58. The van der Waals surface area contributed by atoms with Gasteiger partial charge in [-0.1, -0.05) is 6.07 Å². The van der Waals surface area contributed by atoms with Crippen molar-refractivity contribution in [3.8, 4) is 0 Å². The molecule has 2 amide bonds. The minimum atomic E-state index is -0.391. The first-order valence-electron chi connectivity index (χ1n) is 8.79. The summed E-state index contributed by atoms with van der Waals surface area (Å²) < 4.78 is 1.90. The molecule has 2 aliphatic rings. The molecule has 3 heterocycles. The van der Waals surface area contributed by atoms with E-state index in [9.17, 15) is 9.59 Å². The van der Waals surface area contributed by atoms with Crippen LogP contribution in [0.4, 0.5) is 0 Å². The molecule has 25 heavy (non-hydrogen) atoms. The molecule has 7 heteroatoms. The molecular weight excluding hydrogens is 336 g/mol. The molecule has 1 saturated carbocycles. The van der Waals surface area contributed by atoms with Crippen LogP contribution >= 0.6 is 11.3 Å². The highest BCUT2D eigenvalue weighted by atomic mass is 32.1. The number of nitrogens with one attached hydrogen (secondary N) is 1. The van der Waals surface area contributed by atoms with E-state index in [1.54, 1.807) is 23.9 Å². The highest BCUT2D eigenvalue weighted by Gasteiger charge is 2.34. The van der Waals surface area contributed by atoms with Crippen LogP contribution in [-0.4, -0.2) is 39.4 Å². The first-order chi connectivity index (χ1) is 12.2. The first kappa shape index (κ1) is 16.3. The maximum atomic E-state index is 12.7. The van der Waals surface area contributed by atoms with Gasteiger partial charge in [0.2, 0.25) is 11.8 Å². The predicted octanol–water partition coefficient (Wildman–Crippen LogP) is 1.99. The molecule has 4 rings (SSSR count). The Morgan fingerprint density at radius 1 is 1.36 bits per heavy atom. The number of aromatic nitrogens is 2. The number of rotatable bonds is 6. The smallest absolute Gasteiger partial charge is 0.244 e. The molecule has 1 fully saturated rings. The van der Waals surface area contributed by atoms with Crippen LogP contribution in [-0.2, 0) is 22.6 Å². The lowest BCUT2D eigenvalue weighted by atomic mass is 10.1. The first-order valence-corrected chi connectivity index (χ1v) is 9.67. The maximum absolute atomic E-state index is 12.7. The molecule has 0 unspecified atom stereocenters. The number of carbonyl (C=O) groups excluding carboxylic acids is 2. The number of hydrogen-bond acceptors (Lipinski definition) is 4. The molecular formula is C18H22N4O2S. The van der Waals surface area contributed by atoms with Crippen LogP contribution < -0.4 is 5.32 Å². The molecule has 2 aromatic rings. The second-order valence-electron chi connectivity index (χ2n) is 6.85. The zero-order valence-corrected chi connectivity index (χ0v) is 14.9. The van der Waals surface area contributed by atoms with Crippen molar-refractivity contribution in [1.82, 2.24) is 19.8 Å². The number of thiophene rings is 1. The van der Waals surface area contributed by atoms with E-state index < -0.39 is 6.04 Å². The van der Waals surface area contributed by atoms with E-state index in [2.05, 4.69) is 16.4 Å². The van der Waals surface area contributed by atoms with Crippen molar-refractivity contribution < 1.29 is 9.59 Å². The Hall–Kier alpha value is -2.15. The van der Waals surface area contributed by atoms with Gasteiger partial charge in [-0.15, -0.1) is 11.3 Å². The van der Waals surface area contributed by atoms with Gasteiger partial charge in [0.15, 0.2) is 0 Å². The van der Waals surface area contributed by atoms with Crippen molar-refractivity contribution >= 4 is 23.2 Å². The number of amides is 2. The van der Waals surface area contributed by atoms with Gasteiger partial charge in [0.25, 0.3) is 0 Å². The van der Waals surface area contributed by atoms with E-state index in [-0.39, 0.29) is 11.8 Å². The zero-order chi connectivity index (χ0) is 17.2. The summed E-state index contributed by atoms with van der Waals surface area (Å²) in [5.74, 6) is 0.670. The maximum Gasteiger partial charge on any atom is 0.244 e. The fourth-order valence-electron chi connectivity index (χ4n) is 3.27. The molecule has 1 aliphatic heterocycles. The molecule has 1 atom stereocenters. The van der Waals surface area contributed by atoms with Crippen molar-refractivity contribution in [3.05, 3.63) is 40.6 Å². The van der Waals surface area contributed by atoms with Gasteiger partial charge in [0.05, 0.1) is 25.1 Å². The van der Waals surface area contributed by atoms with Crippen molar-refractivity contribution in [2.45, 2.75) is 38.3 Å². The lowest BCUT2D eigenvalue weighted by Gasteiger charge is -2.33. The Kier molecular flexibility index (Phi) is 4.57. The number of hydrogen-bond donors (Lipinski definition) is 1. The Labute approximate surface area is 150 Å². The van der Waals surface area contributed by atoms with Gasteiger partial charge in [-0.3, -0.25) is 9.59 Å². The van der Waals surface area contributed by atoms with Gasteiger partial charge in [0.1, 0.15) is 6.04 Å². The third kappa shape index (κ3) is 3.76. The molecule has 0 spiro atoms. The number of fused-ring (bicyclic) bond motifs is 1. The van der Waals surface area contributed by atoms with E-state index in [1.165, 1.54) is 4.88 Å². The lowest BCUT2D eigenvalue weighted by molar-refractivity contribution is -0.135. The normalized spacial score (nSPS) is 19.5. The van der Waals surface area contributed by atoms with E-state index >= 15 is 0 Å². The summed E-state index contributed by atoms with van der Waals surface area (Å²) in [6.07, 6.45) is 7.20. The standard InChI is InChI=1S/C18H22N4O2S/c23-17(8-13-3-4-13)21-10-14-9-19-12-22(14)16(11-21)18(24)20-6-5-15-2-1-7-25-15/h1-2,7,9,12-13,16H,3-6,8,10-11H2,(H,20,24)/t16-/m0/s1. The third-order valence-electron chi connectivity index (χ3n) is 4.89. The largest absolute Gasteiger partial charge is 0.354 e. The van der Waals surface area contributed by atoms with E-state index in [1.807, 2.05) is 20.9 Å². The Morgan fingerprint density at radius 2 is 2.24 bits per heavy atom. The molecule has 0 aromatic carbocycles. The Morgan fingerprint density at radius 3 is 3.00 bits per heavy atom. The highest BCUT2D eigenvalue weighted by molar-refractivity contribution is 7.09. The van der Waals surface area contributed by atoms with Crippen LogP contribution in [0.1, 0.15) is 35.9 Å². The molecule has 0 bridgehead atoms. The summed E-state index contributed by atoms with van der Waals surface area (Å²) >= 11 is 1.70. The Balaban J connectivity index is 1.40. The van der Waals surface area contributed by atoms with Gasteiger partial charge >= 0.3 is 0 Å². The second kappa shape index (κ2) is 7.00. The van der Waals surface area contributed by atoms with Crippen LogP contribution in [0.5, 0.6) is 0 Å². The van der Waals surface area contributed by atoms with Crippen LogP contribution in [0.3, 0.4) is 0 Å². The summed E-state index contributed by atoms with van der Waals surface area (Å²) in [5, 5.41) is 5.06. The van der Waals surface area contributed by atoms with Gasteiger partial charge in [-0.25, -0.2) is 4.98 Å². The quantitative estimate of drug-likeness (QED) is 0.859. The van der Waals surface area contributed by atoms with Gasteiger partial charge in [-0.05, 0) is 36.6 Å². The average Bonchev–Trinajstić information content (AvgIpc) is 3.09. The van der Waals surface area contributed by atoms with E-state index in [0.29, 0.717) is 32.0 Å². The van der Waals surface area contributed by atoms with Gasteiger partial charge < -0.3 is 14.8 Å². The molecule has 6 nitrogen and oxygen atoms in total. The molecule has 0 radical (unpaired) electrons. The summed E-state index contributed by atoms with van der Waals surface area (Å²) in [5.41, 5.74) is 0.925. The SMILES string of the molecule is O=C(NCCc1cccs1)[C@@H]1CN(C(=O)CC2CC2)Cc2cncn21. The van der Waals surface area contributed by atoms with Crippen molar-refractivity contribution in [2.24, 2.45) is 5.92 Å². The number of nitrogens with zero attached hydrogens (tertiary/aromatic N) is 3. The fraction of sp³-hybridized carbons (Fsp3) is 0.500. The summed E-state index contributed by atoms with van der Waals surface area (Å²) in [6, 6.07) is 3.70. The monoisotopic (exact) mass is 358 g/mol. The number of imidazole rings is 1. The van der Waals surface area contributed by atoms with Crippen LogP contribution in [0.25, 0.3) is 0 Å². The van der Waals surface area contributed by atoms with E-state index in [4.69, 9.17) is 0 Å². The zero-order valence-electron chi connectivity index (χ0n) is 14.1. The minimum absolute atomic E-state index is 0.0419. The lowest BCUT2D eigenvalue weighted by Crippen LogP contribution is -2.46. The Bertz CT molecular complexity index is 751. The topological polar surface area (TPSA) is 67.2 Å². The summed E-state index contributed by atoms with van der Waals surface area (Å²) in [7, 11) is 0. The molecule has 1 aliphatic carbocycles. The molecule has 2 aromatic heterocycles.